The molecule has 6 heteroatoms. The topological polar surface area (TPSA) is 57.9 Å². The van der Waals surface area contributed by atoms with Gasteiger partial charge >= 0.3 is 0 Å². The summed E-state index contributed by atoms with van der Waals surface area (Å²) in [5.74, 6) is 0.994. The number of unbranched alkanes of at least 4 members (excludes halogenated alkanes) is 1. The van der Waals surface area contributed by atoms with Gasteiger partial charge in [0.25, 0.3) is 0 Å². The van der Waals surface area contributed by atoms with Crippen molar-refractivity contribution in [3.05, 3.63) is 64.7 Å². The molecule has 3 nitrogen and oxygen atoms in total. The highest BCUT2D eigenvalue weighted by Crippen LogP contribution is 2.35. The zero-order valence-corrected chi connectivity index (χ0v) is 16.4. The molecule has 25 heavy (non-hydrogen) atoms. The van der Waals surface area contributed by atoms with Gasteiger partial charge in [-0.25, -0.2) is 8.42 Å². The first-order valence-corrected chi connectivity index (χ1v) is 11.3. The van der Waals surface area contributed by atoms with Gasteiger partial charge in [0.2, 0.25) is 0 Å². The van der Waals surface area contributed by atoms with Gasteiger partial charge in [0.05, 0.1) is 21.8 Å². The van der Waals surface area contributed by atoms with Crippen molar-refractivity contribution in [3.63, 3.8) is 0 Å². The van der Waals surface area contributed by atoms with E-state index in [4.69, 9.17) is 11.6 Å². The highest BCUT2D eigenvalue weighted by Gasteiger charge is 2.30. The van der Waals surface area contributed by atoms with E-state index in [0.29, 0.717) is 22.6 Å². The Balaban J connectivity index is 2.43. The fourth-order valence-corrected chi connectivity index (χ4v) is 5.20. The summed E-state index contributed by atoms with van der Waals surface area (Å²) in [7, 11) is -3.61. The number of halogens is 1. The predicted molar refractivity (Wildman–Crippen MR) is 105 cm³/mol. The molecule has 2 aromatic rings. The van der Waals surface area contributed by atoms with Crippen LogP contribution in [-0.2, 0) is 9.84 Å². The summed E-state index contributed by atoms with van der Waals surface area (Å²) in [6, 6.07) is 15.3. The van der Waals surface area contributed by atoms with Gasteiger partial charge in [-0.3, -0.25) is 0 Å². The largest absolute Gasteiger partial charge is 0.223 e. The summed E-state index contributed by atoms with van der Waals surface area (Å²) in [6.07, 6.45) is 4.26. The Kier molecular flexibility index (Phi) is 7.37. The lowest BCUT2D eigenvalue weighted by atomic mass is 10.0. The second-order valence-electron chi connectivity index (χ2n) is 5.68. The number of hydrogen-bond donors (Lipinski definition) is 0. The Morgan fingerprint density at radius 2 is 1.80 bits per heavy atom. The molecule has 1 atom stereocenters. The van der Waals surface area contributed by atoms with Crippen molar-refractivity contribution in [2.24, 2.45) is 0 Å². The van der Waals surface area contributed by atoms with Crippen LogP contribution in [0.25, 0.3) is 0 Å². The van der Waals surface area contributed by atoms with E-state index in [2.05, 4.69) is 6.07 Å². The number of hydrogen-bond acceptors (Lipinski definition) is 4. The van der Waals surface area contributed by atoms with Gasteiger partial charge in [0.1, 0.15) is 0 Å². The summed E-state index contributed by atoms with van der Waals surface area (Å²) in [4.78, 5) is 0.236. The molecule has 2 aromatic carbocycles. The zero-order chi connectivity index (χ0) is 18.3. The van der Waals surface area contributed by atoms with Gasteiger partial charge in [-0.2, -0.15) is 17.0 Å². The maximum atomic E-state index is 13.2. The number of nitrogens with zero attached hydrogens (tertiary/aromatic N) is 1. The number of thioether (sulfide) groups is 1. The van der Waals surface area contributed by atoms with Gasteiger partial charge in [0, 0.05) is 5.02 Å². The minimum atomic E-state index is -3.61. The second kappa shape index (κ2) is 9.28. The van der Waals surface area contributed by atoms with Crippen LogP contribution in [0.3, 0.4) is 0 Å². The lowest BCUT2D eigenvalue weighted by Crippen LogP contribution is -2.15. The molecule has 0 fully saturated rings. The third-order valence-electron chi connectivity index (χ3n) is 4.01. The Bertz CT molecular complexity index is 842. The molecule has 132 valence electrons. The van der Waals surface area contributed by atoms with Crippen molar-refractivity contribution < 1.29 is 8.42 Å². The van der Waals surface area contributed by atoms with Gasteiger partial charge in [-0.1, -0.05) is 36.2 Å². The van der Waals surface area contributed by atoms with Gasteiger partial charge in [0.15, 0.2) is 9.84 Å². The van der Waals surface area contributed by atoms with Crippen molar-refractivity contribution in [3.8, 4) is 6.07 Å². The average Bonchev–Trinajstić information content (AvgIpc) is 2.62. The summed E-state index contributed by atoms with van der Waals surface area (Å²) < 4.78 is 26.4. The Morgan fingerprint density at radius 3 is 2.44 bits per heavy atom. The van der Waals surface area contributed by atoms with E-state index >= 15 is 0 Å². The number of rotatable bonds is 8. The van der Waals surface area contributed by atoms with Crippen LogP contribution in [0.1, 0.15) is 35.6 Å². The van der Waals surface area contributed by atoms with Crippen LogP contribution in [0.4, 0.5) is 0 Å². The van der Waals surface area contributed by atoms with Crippen LogP contribution < -0.4 is 0 Å². The molecule has 0 aliphatic rings. The molecule has 0 spiro atoms. The quantitative estimate of drug-likeness (QED) is 0.574. The molecule has 0 aromatic heterocycles. The summed E-state index contributed by atoms with van der Waals surface area (Å²) in [5, 5.41) is 9.15. The van der Waals surface area contributed by atoms with Gasteiger partial charge in [-0.15, -0.1) is 0 Å². The standard InChI is InChI=1S/C19H20ClNO2S2/c1-24-13-5-4-8-19(18-7-3-2-6-15(18)14-21)25(22,23)17-11-9-16(20)10-12-17/h2-3,6-7,9-12,19H,4-5,8,13H2,1H3. The molecule has 0 amide bonds. The first kappa shape index (κ1) is 19.8. The van der Waals surface area contributed by atoms with Crippen LogP contribution in [0.5, 0.6) is 0 Å². The third-order valence-corrected chi connectivity index (χ3v) is 7.13. The molecular formula is C19H20ClNO2S2. The van der Waals surface area contributed by atoms with E-state index in [1.807, 2.05) is 6.26 Å². The molecule has 0 aliphatic heterocycles. The van der Waals surface area contributed by atoms with E-state index in [0.717, 1.165) is 18.6 Å². The minimum absolute atomic E-state index is 0.236. The van der Waals surface area contributed by atoms with Crippen molar-refractivity contribution in [1.29, 1.82) is 5.26 Å². The maximum absolute atomic E-state index is 13.2. The summed E-state index contributed by atoms with van der Waals surface area (Å²) in [5.41, 5.74) is 0.985. The number of sulfone groups is 1. The van der Waals surface area contributed by atoms with Crippen LogP contribution in [-0.4, -0.2) is 20.4 Å². The predicted octanol–water partition coefficient (Wildman–Crippen LogP) is 5.26. The molecule has 0 heterocycles. The van der Waals surface area contributed by atoms with Crippen LogP contribution in [0.15, 0.2) is 53.4 Å². The monoisotopic (exact) mass is 393 g/mol. The molecule has 2 rings (SSSR count). The molecule has 1 unspecified atom stereocenters. The molecule has 0 saturated carbocycles. The van der Waals surface area contributed by atoms with E-state index in [1.54, 1.807) is 48.2 Å². The van der Waals surface area contributed by atoms with E-state index < -0.39 is 15.1 Å². The second-order valence-corrected chi connectivity index (χ2v) is 9.23. The highest BCUT2D eigenvalue weighted by atomic mass is 35.5. The first-order chi connectivity index (χ1) is 12.0. The summed E-state index contributed by atoms with van der Waals surface area (Å²) in [6.45, 7) is 0. The Hall–Kier alpha value is -1.48. The molecule has 0 N–H and O–H groups in total. The van der Waals surface area contributed by atoms with Crippen molar-refractivity contribution >= 4 is 33.2 Å². The van der Waals surface area contributed by atoms with Crippen molar-refractivity contribution in [2.45, 2.75) is 29.4 Å². The van der Waals surface area contributed by atoms with E-state index in [9.17, 15) is 13.7 Å². The van der Waals surface area contributed by atoms with Crippen molar-refractivity contribution in [1.82, 2.24) is 0 Å². The van der Waals surface area contributed by atoms with Crippen molar-refractivity contribution in [2.75, 3.05) is 12.0 Å². The van der Waals surface area contributed by atoms with E-state index in [1.165, 1.54) is 12.1 Å². The average molecular weight is 394 g/mol. The smallest absolute Gasteiger partial charge is 0.185 e. The maximum Gasteiger partial charge on any atom is 0.185 e. The molecule has 0 bridgehead atoms. The van der Waals surface area contributed by atoms with Crippen LogP contribution in [0, 0.1) is 11.3 Å². The summed E-state index contributed by atoms with van der Waals surface area (Å²) >= 11 is 7.63. The van der Waals surface area contributed by atoms with Crippen LogP contribution in [0.2, 0.25) is 5.02 Å². The minimum Gasteiger partial charge on any atom is -0.223 e. The van der Waals surface area contributed by atoms with Crippen LogP contribution >= 0.6 is 23.4 Å². The molecular weight excluding hydrogens is 374 g/mol. The lowest BCUT2D eigenvalue weighted by Gasteiger charge is -2.19. The first-order valence-electron chi connectivity index (χ1n) is 7.98. The fourth-order valence-electron chi connectivity index (χ4n) is 2.72. The van der Waals surface area contributed by atoms with E-state index in [-0.39, 0.29) is 4.90 Å². The van der Waals surface area contributed by atoms with Gasteiger partial charge < -0.3 is 0 Å². The lowest BCUT2D eigenvalue weighted by molar-refractivity contribution is 0.569. The Labute approximate surface area is 158 Å². The molecule has 0 aliphatic carbocycles. The number of nitriles is 1. The molecule has 0 radical (unpaired) electrons. The molecule has 0 saturated heterocycles. The van der Waals surface area contributed by atoms with Gasteiger partial charge in [-0.05, 0) is 60.7 Å². The third kappa shape index (κ3) is 5.01. The fraction of sp³-hybridized carbons (Fsp3) is 0.316. The normalized spacial score (nSPS) is 12.5. The SMILES string of the molecule is CSCCCCC(c1ccccc1C#N)S(=O)(=O)c1ccc(Cl)cc1. The number of benzene rings is 2. The Morgan fingerprint density at radius 1 is 1.12 bits per heavy atom. The zero-order valence-electron chi connectivity index (χ0n) is 14.0. The highest BCUT2D eigenvalue weighted by molar-refractivity contribution is 7.98.